The maximum atomic E-state index is 13.7. The van der Waals surface area contributed by atoms with Crippen molar-refractivity contribution < 1.29 is 14.3 Å². The first kappa shape index (κ1) is 25.9. The van der Waals surface area contributed by atoms with Gasteiger partial charge in [0.1, 0.15) is 17.5 Å². The van der Waals surface area contributed by atoms with Gasteiger partial charge in [-0.3, -0.25) is 4.84 Å². The highest BCUT2D eigenvalue weighted by molar-refractivity contribution is 5.74. The number of pyridine rings is 1. The molecule has 9 nitrogen and oxygen atoms in total. The van der Waals surface area contributed by atoms with E-state index in [-0.39, 0.29) is 11.9 Å². The Morgan fingerprint density at radius 3 is 2.59 bits per heavy atom. The molecule has 0 atom stereocenters. The molecule has 0 saturated carbocycles. The van der Waals surface area contributed by atoms with E-state index in [9.17, 15) is 4.39 Å². The molecule has 0 amide bonds. The zero-order valence-electron chi connectivity index (χ0n) is 22.4. The van der Waals surface area contributed by atoms with Crippen molar-refractivity contribution in [1.29, 1.82) is 0 Å². The summed E-state index contributed by atoms with van der Waals surface area (Å²) in [6.07, 6.45) is 9.50. The maximum Gasteiger partial charge on any atom is 0.135 e. The van der Waals surface area contributed by atoms with Crippen LogP contribution >= 0.6 is 0 Å². The Balaban J connectivity index is 0.000000410. The van der Waals surface area contributed by atoms with Gasteiger partial charge in [0, 0.05) is 68.6 Å². The van der Waals surface area contributed by atoms with Gasteiger partial charge in [-0.1, -0.05) is 6.07 Å². The molecule has 10 heteroatoms. The minimum Gasteiger partial charge on any atom is -0.390 e. The summed E-state index contributed by atoms with van der Waals surface area (Å²) in [4.78, 5) is 19.2. The number of fused-ring (bicyclic) bond motifs is 2. The molecular weight excluding hydrogens is 497 g/mol. The van der Waals surface area contributed by atoms with Crippen molar-refractivity contribution in [2.45, 2.75) is 51.5 Å². The number of β-amino-alcohol motifs (C(OH)–C–C–N with tert-alkyl or cyclic N) is 1. The molecule has 1 aromatic carbocycles. The minimum atomic E-state index is -0.116. The Hall–Kier alpha value is -3.31. The fourth-order valence-corrected chi connectivity index (χ4v) is 5.65. The van der Waals surface area contributed by atoms with Crippen LogP contribution in [-0.4, -0.2) is 63.9 Å². The van der Waals surface area contributed by atoms with Crippen LogP contribution in [0, 0.1) is 0 Å². The summed E-state index contributed by atoms with van der Waals surface area (Å²) in [5, 5.41) is 12.1. The Labute approximate surface area is 228 Å². The lowest BCUT2D eigenvalue weighted by Gasteiger charge is -2.31. The van der Waals surface area contributed by atoms with E-state index in [0.717, 1.165) is 60.1 Å². The number of benzene rings is 1. The van der Waals surface area contributed by atoms with E-state index < -0.39 is 0 Å². The fraction of sp³-hybridized carbons (Fsp3) is 0.448. The van der Waals surface area contributed by atoms with Gasteiger partial charge in [-0.15, -0.1) is 0 Å². The number of aliphatic hydroxyl groups excluding tert-OH is 1. The van der Waals surface area contributed by atoms with Crippen molar-refractivity contribution >= 4 is 23.3 Å². The molecule has 0 spiro atoms. The number of hydrogen-bond donors (Lipinski definition) is 3. The molecule has 0 unspecified atom stereocenters. The van der Waals surface area contributed by atoms with E-state index in [4.69, 9.17) is 9.94 Å². The van der Waals surface area contributed by atoms with Gasteiger partial charge in [0.05, 0.1) is 36.5 Å². The molecule has 2 aromatic heterocycles. The first-order valence-electron chi connectivity index (χ1n) is 13.8. The summed E-state index contributed by atoms with van der Waals surface area (Å²) in [6.45, 7) is 5.57. The number of aliphatic hydroxyl groups is 1. The molecule has 6 heterocycles. The third-order valence-electron chi connectivity index (χ3n) is 7.80. The highest BCUT2D eigenvalue weighted by Gasteiger charge is 2.23. The van der Waals surface area contributed by atoms with Crippen LogP contribution in [0.25, 0.3) is 17.3 Å². The summed E-state index contributed by atoms with van der Waals surface area (Å²) in [7, 11) is 1.99. The summed E-state index contributed by atoms with van der Waals surface area (Å²) in [5.74, 6) is 1.37. The van der Waals surface area contributed by atoms with Crippen LogP contribution in [0.1, 0.15) is 42.6 Å². The lowest BCUT2D eigenvalue weighted by molar-refractivity contribution is 0.0114. The van der Waals surface area contributed by atoms with Crippen LogP contribution in [0.5, 0.6) is 0 Å². The Morgan fingerprint density at radius 1 is 1.03 bits per heavy atom. The number of piperidine rings is 1. The van der Waals surface area contributed by atoms with Crippen molar-refractivity contribution in [2.24, 2.45) is 0 Å². The molecule has 39 heavy (non-hydrogen) atoms. The number of likely N-dealkylation sites (tertiary alicyclic amines) is 1. The molecule has 206 valence electrons. The Bertz CT molecular complexity index is 1320. The van der Waals surface area contributed by atoms with Crippen molar-refractivity contribution in [3.05, 3.63) is 59.4 Å². The summed E-state index contributed by atoms with van der Waals surface area (Å²) >= 11 is 0. The number of imidazole rings is 1. The number of likely N-dealkylation sites (N-methyl/N-ethyl adjacent to an activating group) is 1. The second kappa shape index (κ2) is 11.4. The summed E-state index contributed by atoms with van der Waals surface area (Å²) < 4.78 is 15.8. The third-order valence-corrected chi connectivity index (χ3v) is 7.80. The number of halogens is 1. The highest BCUT2D eigenvalue weighted by Crippen LogP contribution is 2.36. The number of anilines is 3. The van der Waals surface area contributed by atoms with Gasteiger partial charge in [0.25, 0.3) is 0 Å². The van der Waals surface area contributed by atoms with Crippen LogP contribution in [0.2, 0.25) is 0 Å². The van der Waals surface area contributed by atoms with Gasteiger partial charge in [0.15, 0.2) is 0 Å². The average molecular weight is 534 g/mol. The molecule has 4 aliphatic heterocycles. The van der Waals surface area contributed by atoms with E-state index in [1.807, 2.05) is 25.5 Å². The fourth-order valence-electron chi connectivity index (χ4n) is 5.65. The normalized spacial score (nSPS) is 19.3. The van der Waals surface area contributed by atoms with Gasteiger partial charge < -0.3 is 24.8 Å². The second-order valence-electron chi connectivity index (χ2n) is 10.7. The van der Waals surface area contributed by atoms with Gasteiger partial charge in [-0.2, -0.15) is 5.48 Å². The molecule has 2 fully saturated rings. The maximum absolute atomic E-state index is 13.7. The molecule has 2 saturated heterocycles. The van der Waals surface area contributed by atoms with Crippen molar-refractivity contribution in [2.75, 3.05) is 43.4 Å². The number of rotatable bonds is 4. The van der Waals surface area contributed by atoms with Crippen LogP contribution in [0.3, 0.4) is 0 Å². The quantitative estimate of drug-likeness (QED) is 0.459. The summed E-state index contributed by atoms with van der Waals surface area (Å²) in [6, 6.07) is 8.36. The van der Waals surface area contributed by atoms with Crippen LogP contribution in [0.15, 0.2) is 42.5 Å². The van der Waals surface area contributed by atoms with E-state index in [1.54, 1.807) is 0 Å². The van der Waals surface area contributed by atoms with Gasteiger partial charge in [0.2, 0.25) is 0 Å². The van der Waals surface area contributed by atoms with E-state index in [0.29, 0.717) is 31.9 Å². The lowest BCUT2D eigenvalue weighted by Crippen LogP contribution is -2.47. The zero-order chi connectivity index (χ0) is 26.8. The molecule has 4 aliphatic rings. The molecule has 0 radical (unpaired) electrons. The number of hydrogen-bond acceptors (Lipinski definition) is 8. The number of nitrogens with zero attached hydrogens (tertiary/aromatic N) is 5. The van der Waals surface area contributed by atoms with Crippen LogP contribution in [0.4, 0.5) is 21.6 Å². The van der Waals surface area contributed by atoms with Gasteiger partial charge in [-0.25, -0.2) is 14.4 Å². The highest BCUT2D eigenvalue weighted by atomic mass is 19.1. The minimum absolute atomic E-state index is 0.0324. The van der Waals surface area contributed by atoms with E-state index >= 15 is 0 Å². The van der Waals surface area contributed by atoms with E-state index in [2.05, 4.69) is 53.3 Å². The topological polar surface area (TPSA) is 90.7 Å². The monoisotopic (exact) mass is 533 g/mol. The van der Waals surface area contributed by atoms with Crippen molar-refractivity contribution in [3.8, 4) is 11.3 Å². The average Bonchev–Trinajstić information content (AvgIpc) is 3.37. The van der Waals surface area contributed by atoms with Crippen molar-refractivity contribution in [3.63, 3.8) is 0 Å². The van der Waals surface area contributed by atoms with Gasteiger partial charge in [-0.05, 0) is 50.1 Å². The largest absolute Gasteiger partial charge is 0.390 e. The molecule has 0 bridgehead atoms. The van der Waals surface area contributed by atoms with E-state index in [1.165, 1.54) is 31.0 Å². The second-order valence-corrected chi connectivity index (χ2v) is 10.7. The number of allylic oxidation sites excluding steroid dienone is 1. The molecular formula is C29H36FN7O2. The predicted molar refractivity (Wildman–Crippen MR) is 150 cm³/mol. The Kier molecular flexibility index (Phi) is 7.60. The molecule has 3 aromatic rings. The predicted octanol–water partition coefficient (Wildman–Crippen LogP) is 4.22. The lowest BCUT2D eigenvalue weighted by atomic mass is 9.96. The zero-order valence-corrected chi connectivity index (χ0v) is 22.4. The smallest absolute Gasteiger partial charge is 0.135 e. The van der Waals surface area contributed by atoms with Gasteiger partial charge >= 0.3 is 0 Å². The number of aromatic nitrogens is 3. The van der Waals surface area contributed by atoms with Crippen LogP contribution < -0.4 is 15.7 Å². The van der Waals surface area contributed by atoms with Crippen molar-refractivity contribution in [1.82, 2.24) is 24.9 Å². The molecule has 7 rings (SSSR count). The SMILES string of the molecule is CN1CC(O)C1.FC1=Cc2ncc(-c3ccc(Nc4ccc(N5CCCCC5)cn4)c4c3CNOC4)n2CC1. The Morgan fingerprint density at radius 2 is 1.87 bits per heavy atom. The standard InChI is InChI=1S/C25H27FN6O.C4H9NO/c26-17-8-11-32-23(15-28-25(32)12-17)19-5-6-22(21-16-33-29-14-20(19)21)30-24-7-4-18(13-27-24)31-9-2-1-3-10-31;1-5-2-4(6)3-5/h4-7,12-13,15,29H,1-3,8-11,14,16H2,(H,27,30);4,6H,2-3H2,1H3. The first-order chi connectivity index (χ1) is 19.0. The first-order valence-corrected chi connectivity index (χ1v) is 13.8. The molecule has 0 aliphatic carbocycles. The van der Waals surface area contributed by atoms with Crippen LogP contribution in [-0.2, 0) is 24.5 Å². The number of hydroxylamine groups is 1. The summed E-state index contributed by atoms with van der Waals surface area (Å²) in [5.41, 5.74) is 9.54. The number of nitrogens with one attached hydrogen (secondary N) is 2. The third kappa shape index (κ3) is 5.69. The molecule has 3 N–H and O–H groups in total.